The minimum absolute atomic E-state index is 0.570. The molecule has 0 radical (unpaired) electrons. The maximum absolute atomic E-state index is 2.66. The lowest BCUT2D eigenvalue weighted by atomic mass is 9.91. The zero-order valence-electron chi connectivity index (χ0n) is 27.4. The summed E-state index contributed by atoms with van der Waals surface area (Å²) in [4.78, 5) is 5.29. The first-order valence-corrected chi connectivity index (χ1v) is 17.6. The summed E-state index contributed by atoms with van der Waals surface area (Å²) in [6, 6.07) is 36.0. The SMILES string of the molecule is CCCCc1ccc(N(c2ccc(-c3ccc(N(c4ccccc4)C4CCCCC4)c(C)c3)cc2C)C2CCCCC2)cc1. The van der Waals surface area contributed by atoms with E-state index >= 15 is 0 Å². The maximum Gasteiger partial charge on any atom is 0.0443 e. The van der Waals surface area contributed by atoms with Gasteiger partial charge in [-0.25, -0.2) is 0 Å². The van der Waals surface area contributed by atoms with Gasteiger partial charge in [0.15, 0.2) is 0 Å². The molecule has 0 spiro atoms. The fraction of sp³-hybridized carbons (Fsp3) is 0.429. The van der Waals surface area contributed by atoms with Crippen LogP contribution in [0.1, 0.15) is 101 Å². The lowest BCUT2D eigenvalue weighted by Gasteiger charge is -2.37. The topological polar surface area (TPSA) is 6.48 Å². The molecule has 44 heavy (non-hydrogen) atoms. The molecule has 2 fully saturated rings. The molecule has 0 aliphatic heterocycles. The Morgan fingerprint density at radius 1 is 0.545 bits per heavy atom. The fourth-order valence-electron chi connectivity index (χ4n) is 7.78. The number of para-hydroxylation sites is 1. The molecule has 0 saturated heterocycles. The number of rotatable bonds is 10. The molecular weight excluding hydrogens is 532 g/mol. The fourth-order valence-corrected chi connectivity index (χ4v) is 7.78. The number of hydrogen-bond donors (Lipinski definition) is 0. The molecule has 0 heterocycles. The molecule has 6 rings (SSSR count). The molecule has 4 aromatic carbocycles. The molecule has 2 aliphatic carbocycles. The molecular formula is C42H52N2. The van der Waals surface area contributed by atoms with Crippen molar-refractivity contribution < 1.29 is 0 Å². The molecule has 0 aromatic heterocycles. The van der Waals surface area contributed by atoms with Crippen molar-refractivity contribution in [3.63, 3.8) is 0 Å². The third kappa shape index (κ3) is 6.90. The molecule has 2 heteroatoms. The van der Waals surface area contributed by atoms with Gasteiger partial charge in [0.2, 0.25) is 0 Å². The van der Waals surface area contributed by atoms with Gasteiger partial charge in [0.1, 0.15) is 0 Å². The predicted octanol–water partition coefficient (Wildman–Crippen LogP) is 12.3. The Bertz CT molecular complexity index is 1480. The van der Waals surface area contributed by atoms with Gasteiger partial charge in [-0.05, 0) is 129 Å². The first-order valence-electron chi connectivity index (χ1n) is 17.6. The monoisotopic (exact) mass is 584 g/mol. The summed E-state index contributed by atoms with van der Waals surface area (Å²) in [7, 11) is 0. The standard InChI is InChI=1S/C42H52N2/c1-4-5-15-34-22-26-40(27-23-34)44(39-20-13-8-14-21-39)42-29-25-36(31-33(42)3)35-24-28-41(32(2)30-35)43(37-16-9-6-10-17-37)38-18-11-7-12-19-38/h6,9-10,16-17,22-31,38-39H,4-5,7-8,11-15,18-21H2,1-3H3. The first-order chi connectivity index (χ1) is 21.6. The highest BCUT2D eigenvalue weighted by atomic mass is 15.2. The van der Waals surface area contributed by atoms with Crippen molar-refractivity contribution in [3.8, 4) is 11.1 Å². The molecule has 0 atom stereocenters. The van der Waals surface area contributed by atoms with Crippen molar-refractivity contribution in [1.82, 2.24) is 0 Å². The second-order valence-electron chi connectivity index (χ2n) is 13.4. The van der Waals surface area contributed by atoms with Gasteiger partial charge in [0.05, 0.1) is 0 Å². The highest BCUT2D eigenvalue weighted by Crippen LogP contribution is 2.40. The third-order valence-corrected chi connectivity index (χ3v) is 10.2. The van der Waals surface area contributed by atoms with Crippen LogP contribution >= 0.6 is 0 Å². The van der Waals surface area contributed by atoms with E-state index in [1.165, 1.54) is 134 Å². The van der Waals surface area contributed by atoms with Crippen LogP contribution in [-0.4, -0.2) is 12.1 Å². The molecule has 0 bridgehead atoms. The van der Waals surface area contributed by atoms with E-state index in [0.717, 1.165) is 0 Å². The van der Waals surface area contributed by atoms with Gasteiger partial charge < -0.3 is 9.80 Å². The largest absolute Gasteiger partial charge is 0.338 e. The molecule has 0 unspecified atom stereocenters. The minimum atomic E-state index is 0.570. The second-order valence-corrected chi connectivity index (χ2v) is 13.4. The van der Waals surface area contributed by atoms with E-state index in [9.17, 15) is 0 Å². The van der Waals surface area contributed by atoms with Crippen LogP contribution in [0.5, 0.6) is 0 Å². The average Bonchev–Trinajstić information content (AvgIpc) is 3.07. The van der Waals surface area contributed by atoms with E-state index in [0.29, 0.717) is 12.1 Å². The van der Waals surface area contributed by atoms with Crippen LogP contribution < -0.4 is 9.80 Å². The van der Waals surface area contributed by atoms with Crippen molar-refractivity contribution in [2.45, 2.75) is 116 Å². The van der Waals surface area contributed by atoms with Crippen LogP contribution in [0, 0.1) is 13.8 Å². The normalized spacial score (nSPS) is 16.2. The second kappa shape index (κ2) is 14.5. The van der Waals surface area contributed by atoms with Crippen molar-refractivity contribution in [2.75, 3.05) is 9.80 Å². The lowest BCUT2D eigenvalue weighted by molar-refractivity contribution is 0.435. The molecule has 0 amide bonds. The highest BCUT2D eigenvalue weighted by Gasteiger charge is 2.26. The molecule has 230 valence electrons. The summed E-state index contributed by atoms with van der Waals surface area (Å²) < 4.78 is 0. The van der Waals surface area contributed by atoms with Crippen molar-refractivity contribution in [1.29, 1.82) is 0 Å². The van der Waals surface area contributed by atoms with Crippen LogP contribution in [0.4, 0.5) is 22.7 Å². The number of unbranched alkanes of at least 4 members (excludes halogenated alkanes) is 1. The van der Waals surface area contributed by atoms with Gasteiger partial charge in [0, 0.05) is 34.8 Å². The van der Waals surface area contributed by atoms with Crippen LogP contribution in [0.25, 0.3) is 11.1 Å². The van der Waals surface area contributed by atoms with Crippen LogP contribution in [0.15, 0.2) is 91.0 Å². The van der Waals surface area contributed by atoms with E-state index < -0.39 is 0 Å². The Balaban J connectivity index is 1.30. The number of benzene rings is 4. The van der Waals surface area contributed by atoms with Gasteiger partial charge in [-0.2, -0.15) is 0 Å². The number of nitrogens with zero attached hydrogens (tertiary/aromatic N) is 2. The molecule has 2 nitrogen and oxygen atoms in total. The van der Waals surface area contributed by atoms with Crippen molar-refractivity contribution >= 4 is 22.7 Å². The Kier molecular flexibility index (Phi) is 10.1. The smallest absolute Gasteiger partial charge is 0.0443 e. The summed E-state index contributed by atoms with van der Waals surface area (Å²) in [6.45, 7) is 6.89. The number of hydrogen-bond acceptors (Lipinski definition) is 2. The zero-order valence-corrected chi connectivity index (χ0v) is 27.4. The Morgan fingerprint density at radius 2 is 1.02 bits per heavy atom. The van der Waals surface area contributed by atoms with Crippen molar-refractivity contribution in [2.24, 2.45) is 0 Å². The summed E-state index contributed by atoms with van der Waals surface area (Å²) in [5, 5.41) is 0. The van der Waals surface area contributed by atoms with E-state index in [1.54, 1.807) is 0 Å². The molecule has 2 aliphatic rings. The van der Waals surface area contributed by atoms with Gasteiger partial charge in [-0.3, -0.25) is 0 Å². The summed E-state index contributed by atoms with van der Waals surface area (Å²) in [5.74, 6) is 0. The minimum Gasteiger partial charge on any atom is -0.338 e. The van der Waals surface area contributed by atoms with E-state index in [1.807, 2.05) is 0 Å². The van der Waals surface area contributed by atoms with Crippen molar-refractivity contribution in [3.05, 3.63) is 108 Å². The van der Waals surface area contributed by atoms with Gasteiger partial charge in [-0.15, -0.1) is 0 Å². The molecule has 4 aromatic rings. The summed E-state index contributed by atoms with van der Waals surface area (Å²) in [6.07, 6.45) is 16.9. The third-order valence-electron chi connectivity index (χ3n) is 10.2. The lowest BCUT2D eigenvalue weighted by Crippen LogP contribution is -2.33. The highest BCUT2D eigenvalue weighted by molar-refractivity contribution is 5.77. The van der Waals surface area contributed by atoms with Crippen LogP contribution in [0.3, 0.4) is 0 Å². The summed E-state index contributed by atoms with van der Waals surface area (Å²) in [5.41, 5.74) is 12.2. The van der Waals surface area contributed by atoms with Gasteiger partial charge >= 0.3 is 0 Å². The first kappa shape index (κ1) is 30.5. The van der Waals surface area contributed by atoms with E-state index in [4.69, 9.17) is 0 Å². The number of aryl methyl sites for hydroxylation is 3. The van der Waals surface area contributed by atoms with E-state index in [-0.39, 0.29) is 0 Å². The Morgan fingerprint density at radius 3 is 1.48 bits per heavy atom. The van der Waals surface area contributed by atoms with Crippen LogP contribution in [0.2, 0.25) is 0 Å². The zero-order chi connectivity index (χ0) is 30.3. The number of anilines is 4. The van der Waals surface area contributed by atoms with E-state index in [2.05, 4.69) is 122 Å². The molecule has 0 N–H and O–H groups in total. The quantitative estimate of drug-likeness (QED) is 0.183. The Labute approximate surface area is 267 Å². The van der Waals surface area contributed by atoms with Crippen LogP contribution in [-0.2, 0) is 6.42 Å². The predicted molar refractivity (Wildman–Crippen MR) is 191 cm³/mol. The average molecular weight is 585 g/mol. The van der Waals surface area contributed by atoms with Gasteiger partial charge in [-0.1, -0.05) is 94.3 Å². The summed E-state index contributed by atoms with van der Waals surface area (Å²) >= 11 is 0. The van der Waals surface area contributed by atoms with Gasteiger partial charge in [0.25, 0.3) is 0 Å². The molecule has 2 saturated carbocycles. The maximum atomic E-state index is 2.66. The Hall–Kier alpha value is -3.52.